The quantitative estimate of drug-likeness (QED) is 0.272. The van der Waals surface area contributed by atoms with Crippen LogP contribution in [0, 0.1) is 0 Å². The zero-order chi connectivity index (χ0) is 19.6. The minimum Gasteiger partial charge on any atom is -0.418 e. The summed E-state index contributed by atoms with van der Waals surface area (Å²) in [5.41, 5.74) is 0. The van der Waals surface area contributed by atoms with Crippen LogP contribution in [-0.2, 0) is 12.3 Å². The smallest absolute Gasteiger partial charge is 0.418 e. The van der Waals surface area contributed by atoms with Gasteiger partial charge in [-0.15, -0.1) is 0 Å². The standard InChI is InChI=1S/C18H46O3Si4/c1-10-23(11-2,12-3)19-22(20-24(13-4,14-5)15-6)21-25(16-7,17-8)18-9/h22H,10-18H2,1-9H3. The van der Waals surface area contributed by atoms with Crippen molar-refractivity contribution in [2.24, 2.45) is 0 Å². The molecular formula is C18H46O3Si4. The molecular weight excluding hydrogens is 377 g/mol. The van der Waals surface area contributed by atoms with E-state index in [0.717, 1.165) is 0 Å². The maximum Gasteiger partial charge on any atom is 0.452 e. The molecule has 0 aliphatic rings. The van der Waals surface area contributed by atoms with Crippen LogP contribution in [0.2, 0.25) is 54.4 Å². The summed E-state index contributed by atoms with van der Waals surface area (Å²) in [6, 6.07) is 10.6. The number of rotatable bonds is 15. The van der Waals surface area contributed by atoms with E-state index in [4.69, 9.17) is 12.3 Å². The molecule has 0 aliphatic carbocycles. The lowest BCUT2D eigenvalue weighted by molar-refractivity contribution is 0.285. The number of hydrogen-bond donors (Lipinski definition) is 0. The van der Waals surface area contributed by atoms with E-state index in [1.807, 2.05) is 0 Å². The Morgan fingerprint density at radius 1 is 0.400 bits per heavy atom. The van der Waals surface area contributed by atoms with Gasteiger partial charge in [-0.2, -0.15) is 0 Å². The molecule has 0 unspecified atom stereocenters. The molecule has 0 atom stereocenters. The molecule has 0 heterocycles. The minimum absolute atomic E-state index is 1.17. The fraction of sp³-hybridized carbons (Fsp3) is 1.00. The highest BCUT2D eigenvalue weighted by molar-refractivity contribution is 6.86. The van der Waals surface area contributed by atoms with E-state index in [0.29, 0.717) is 0 Å². The molecule has 0 saturated carbocycles. The maximum atomic E-state index is 6.91. The Balaban J connectivity index is 5.64. The predicted octanol–water partition coefficient (Wildman–Crippen LogP) is 6.77. The SMILES string of the molecule is CC[Si](CC)(CC)O[SiH](O[Si](CC)(CC)CC)O[Si](CC)(CC)CC. The Bertz CT molecular complexity index is 266. The highest BCUT2D eigenvalue weighted by Gasteiger charge is 2.43. The molecule has 3 nitrogen and oxygen atoms in total. The van der Waals surface area contributed by atoms with Gasteiger partial charge < -0.3 is 12.3 Å². The van der Waals surface area contributed by atoms with Gasteiger partial charge in [0, 0.05) is 0 Å². The van der Waals surface area contributed by atoms with Crippen molar-refractivity contribution < 1.29 is 12.3 Å². The maximum absolute atomic E-state index is 6.91. The lowest BCUT2D eigenvalue weighted by Gasteiger charge is -2.41. The second-order valence-corrected chi connectivity index (χ2v) is 24.2. The molecule has 0 fully saturated rings. The Morgan fingerprint density at radius 3 is 0.680 bits per heavy atom. The first-order valence-corrected chi connectivity index (χ1v) is 19.9. The fourth-order valence-corrected chi connectivity index (χ4v) is 21.0. The van der Waals surface area contributed by atoms with E-state index in [1.54, 1.807) is 0 Å². The first-order chi connectivity index (χ1) is 11.8. The third-order valence-corrected chi connectivity index (χ3v) is 26.7. The van der Waals surface area contributed by atoms with Crippen molar-refractivity contribution in [3.63, 3.8) is 0 Å². The zero-order valence-electron chi connectivity index (χ0n) is 18.7. The molecule has 0 N–H and O–H groups in total. The van der Waals surface area contributed by atoms with Crippen LogP contribution >= 0.6 is 0 Å². The van der Waals surface area contributed by atoms with E-state index >= 15 is 0 Å². The molecule has 0 bridgehead atoms. The van der Waals surface area contributed by atoms with E-state index in [1.165, 1.54) is 54.4 Å². The van der Waals surface area contributed by atoms with Crippen LogP contribution < -0.4 is 0 Å². The largest absolute Gasteiger partial charge is 0.452 e. The second-order valence-electron chi connectivity index (χ2n) is 7.37. The highest BCUT2D eigenvalue weighted by Crippen LogP contribution is 2.31. The minimum atomic E-state index is -2.08. The Morgan fingerprint density at radius 2 is 0.560 bits per heavy atom. The lowest BCUT2D eigenvalue weighted by atomic mass is 10.9. The molecule has 0 radical (unpaired) electrons. The molecule has 0 aliphatic heterocycles. The van der Waals surface area contributed by atoms with Gasteiger partial charge >= 0.3 is 9.53 Å². The van der Waals surface area contributed by atoms with Crippen LogP contribution in [0.3, 0.4) is 0 Å². The molecule has 0 aromatic heterocycles. The zero-order valence-corrected chi connectivity index (χ0v) is 22.8. The molecule has 0 aromatic rings. The van der Waals surface area contributed by atoms with Crippen LogP contribution in [0.25, 0.3) is 0 Å². The van der Waals surface area contributed by atoms with E-state index in [-0.39, 0.29) is 0 Å². The molecule has 0 rings (SSSR count). The van der Waals surface area contributed by atoms with Gasteiger partial charge in [0.25, 0.3) is 0 Å². The van der Waals surface area contributed by atoms with Gasteiger partial charge in [-0.3, -0.25) is 0 Å². The van der Waals surface area contributed by atoms with Gasteiger partial charge in [0.1, 0.15) is 0 Å². The normalized spacial score (nSPS) is 13.7. The average molecular weight is 423 g/mol. The van der Waals surface area contributed by atoms with Crippen LogP contribution in [0.4, 0.5) is 0 Å². The van der Waals surface area contributed by atoms with Crippen LogP contribution in [0.5, 0.6) is 0 Å². The third kappa shape index (κ3) is 7.01. The first-order valence-electron chi connectivity index (χ1n) is 10.9. The molecule has 0 amide bonds. The van der Waals surface area contributed by atoms with Gasteiger partial charge in [-0.1, -0.05) is 62.3 Å². The van der Waals surface area contributed by atoms with Crippen molar-refractivity contribution in [2.75, 3.05) is 0 Å². The molecule has 7 heteroatoms. The van der Waals surface area contributed by atoms with Crippen molar-refractivity contribution in [1.29, 1.82) is 0 Å². The summed E-state index contributed by atoms with van der Waals surface area (Å²) < 4.78 is 20.7. The van der Waals surface area contributed by atoms with Crippen molar-refractivity contribution in [3.8, 4) is 0 Å². The van der Waals surface area contributed by atoms with E-state index in [2.05, 4.69) is 62.3 Å². The first kappa shape index (κ1) is 25.7. The Labute approximate surface area is 163 Å². The average Bonchev–Trinajstić information content (AvgIpc) is 2.68. The van der Waals surface area contributed by atoms with Gasteiger partial charge in [-0.25, -0.2) is 0 Å². The molecule has 0 saturated heterocycles. The van der Waals surface area contributed by atoms with Crippen LogP contribution in [0.15, 0.2) is 0 Å². The Kier molecular flexibility index (Phi) is 12.6. The summed E-state index contributed by atoms with van der Waals surface area (Å²) >= 11 is 0. The lowest BCUT2D eigenvalue weighted by Crippen LogP contribution is -2.55. The van der Waals surface area contributed by atoms with Gasteiger partial charge in [0.05, 0.1) is 0 Å². The summed E-state index contributed by atoms with van der Waals surface area (Å²) in [4.78, 5) is 0. The number of hydrogen-bond acceptors (Lipinski definition) is 3. The van der Waals surface area contributed by atoms with Gasteiger partial charge in [-0.05, 0) is 54.4 Å². The van der Waals surface area contributed by atoms with Gasteiger partial charge in [0.2, 0.25) is 0 Å². The van der Waals surface area contributed by atoms with Crippen molar-refractivity contribution in [1.82, 2.24) is 0 Å². The van der Waals surface area contributed by atoms with Crippen LogP contribution in [-0.4, -0.2) is 34.5 Å². The van der Waals surface area contributed by atoms with Crippen molar-refractivity contribution in [2.45, 2.75) is 117 Å². The molecule has 0 aromatic carbocycles. The third-order valence-electron chi connectivity index (χ3n) is 6.84. The summed E-state index contributed by atoms with van der Waals surface area (Å²) in [6.07, 6.45) is 0. The molecule has 152 valence electrons. The van der Waals surface area contributed by atoms with E-state index < -0.39 is 34.5 Å². The predicted molar refractivity (Wildman–Crippen MR) is 122 cm³/mol. The highest BCUT2D eigenvalue weighted by atomic mass is 28.5. The summed E-state index contributed by atoms with van der Waals surface area (Å²) in [6.45, 7) is 20.7. The topological polar surface area (TPSA) is 27.7 Å². The summed E-state index contributed by atoms with van der Waals surface area (Å²) in [5.74, 6) is 0. The molecule has 0 spiro atoms. The van der Waals surface area contributed by atoms with Crippen molar-refractivity contribution in [3.05, 3.63) is 0 Å². The Hall–Kier alpha value is 0.748. The second kappa shape index (κ2) is 12.3. The van der Waals surface area contributed by atoms with Gasteiger partial charge in [0.15, 0.2) is 25.0 Å². The van der Waals surface area contributed by atoms with Crippen molar-refractivity contribution >= 4 is 34.5 Å². The van der Waals surface area contributed by atoms with Crippen LogP contribution in [0.1, 0.15) is 62.3 Å². The summed E-state index contributed by atoms with van der Waals surface area (Å²) in [7, 11) is -7.18. The summed E-state index contributed by atoms with van der Waals surface area (Å²) in [5, 5.41) is 0. The molecule has 25 heavy (non-hydrogen) atoms. The monoisotopic (exact) mass is 422 g/mol. The fourth-order valence-electron chi connectivity index (χ4n) is 3.68. The van der Waals surface area contributed by atoms with E-state index in [9.17, 15) is 0 Å².